The summed E-state index contributed by atoms with van der Waals surface area (Å²) in [4.78, 5) is 9.10. The van der Waals surface area contributed by atoms with Crippen LogP contribution < -0.4 is 4.74 Å². The van der Waals surface area contributed by atoms with E-state index < -0.39 is 10.2 Å². The number of nitrogens with zero attached hydrogens (tertiary/aromatic N) is 4. The minimum absolute atomic E-state index is 0.00733. The molecule has 1 aliphatic rings. The third kappa shape index (κ3) is 3.58. The molecule has 2 aromatic rings. The molecule has 1 saturated heterocycles. The zero-order valence-corrected chi connectivity index (χ0v) is 16.1. The van der Waals surface area contributed by atoms with Crippen LogP contribution in [0.5, 0.6) is 5.75 Å². The third-order valence-electron chi connectivity index (χ3n) is 4.65. The van der Waals surface area contributed by atoms with E-state index >= 15 is 0 Å². The summed E-state index contributed by atoms with van der Waals surface area (Å²) in [6.07, 6.45) is 4.98. The van der Waals surface area contributed by atoms with E-state index in [1.807, 2.05) is 24.3 Å². The van der Waals surface area contributed by atoms with E-state index in [1.165, 1.54) is 8.61 Å². The summed E-state index contributed by atoms with van der Waals surface area (Å²) in [5.74, 6) is 0.718. The molecule has 0 unspecified atom stereocenters. The molecule has 7 nitrogen and oxygen atoms in total. The number of methoxy groups -OCH3 is 1. The van der Waals surface area contributed by atoms with Gasteiger partial charge >= 0.3 is 0 Å². The van der Waals surface area contributed by atoms with Crippen molar-refractivity contribution in [1.29, 1.82) is 0 Å². The van der Waals surface area contributed by atoms with E-state index in [4.69, 9.17) is 4.74 Å². The van der Waals surface area contributed by atoms with Crippen molar-refractivity contribution in [1.82, 2.24) is 18.6 Å². The lowest BCUT2D eigenvalue weighted by atomic mass is 9.92. The minimum atomic E-state index is -3.44. The predicted octanol–water partition coefficient (Wildman–Crippen LogP) is 2.14. The summed E-state index contributed by atoms with van der Waals surface area (Å²) < 4.78 is 33.3. The summed E-state index contributed by atoms with van der Waals surface area (Å²) in [7, 11) is 1.30. The highest BCUT2D eigenvalue weighted by Crippen LogP contribution is 2.36. The van der Waals surface area contributed by atoms with E-state index in [1.54, 1.807) is 33.6 Å². The van der Waals surface area contributed by atoms with Crippen molar-refractivity contribution >= 4 is 10.2 Å². The number of hydrogen-bond acceptors (Lipinski definition) is 5. The number of para-hydroxylation sites is 1. The van der Waals surface area contributed by atoms with E-state index in [2.05, 4.69) is 9.97 Å². The van der Waals surface area contributed by atoms with Crippen LogP contribution in [0.15, 0.2) is 36.7 Å². The zero-order chi connectivity index (χ0) is 18.7. The molecule has 8 heteroatoms. The number of hydrogen-bond donors (Lipinski definition) is 0. The Morgan fingerprint density at radius 2 is 1.92 bits per heavy atom. The second-order valence-electron chi connectivity index (χ2n) is 6.48. The van der Waals surface area contributed by atoms with Crippen molar-refractivity contribution < 1.29 is 13.2 Å². The van der Waals surface area contributed by atoms with Crippen molar-refractivity contribution in [3.05, 3.63) is 42.4 Å². The average Bonchev–Trinajstić information content (AvgIpc) is 2.68. The molecule has 0 saturated carbocycles. The summed E-state index contributed by atoms with van der Waals surface area (Å²) in [6, 6.07) is 7.67. The van der Waals surface area contributed by atoms with E-state index in [-0.39, 0.29) is 5.92 Å². The van der Waals surface area contributed by atoms with Gasteiger partial charge in [0, 0.05) is 51.1 Å². The van der Waals surface area contributed by atoms with Crippen molar-refractivity contribution in [2.75, 3.05) is 34.3 Å². The molecule has 1 aliphatic heterocycles. The van der Waals surface area contributed by atoms with Crippen LogP contribution in [0.2, 0.25) is 0 Å². The molecular formula is C18H24N4O3S. The van der Waals surface area contributed by atoms with Crippen molar-refractivity contribution in [3.8, 4) is 17.0 Å². The van der Waals surface area contributed by atoms with Gasteiger partial charge in [-0.15, -0.1) is 0 Å². The molecule has 0 spiro atoms. The Hall–Kier alpha value is -2.03. The van der Waals surface area contributed by atoms with Crippen molar-refractivity contribution in [2.24, 2.45) is 0 Å². The molecule has 26 heavy (non-hydrogen) atoms. The summed E-state index contributed by atoms with van der Waals surface area (Å²) in [6.45, 7) is 0.933. The fraction of sp³-hybridized carbons (Fsp3) is 0.444. The molecule has 140 valence electrons. The van der Waals surface area contributed by atoms with Gasteiger partial charge in [-0.3, -0.25) is 9.97 Å². The van der Waals surface area contributed by atoms with Crippen LogP contribution in [-0.4, -0.2) is 61.3 Å². The maximum atomic E-state index is 12.5. The first-order valence-electron chi connectivity index (χ1n) is 8.57. The number of ether oxygens (including phenoxy) is 1. The van der Waals surface area contributed by atoms with E-state index in [0.717, 1.165) is 35.5 Å². The Bertz CT molecular complexity index is 870. The smallest absolute Gasteiger partial charge is 0.281 e. The van der Waals surface area contributed by atoms with Crippen LogP contribution in [-0.2, 0) is 10.2 Å². The standard InChI is InChI=1S/C18H24N4O3S/c1-21(2)26(23,24)22-12-6-7-14(13-22)17-18(20-11-10-19-17)15-8-4-5-9-16(15)25-3/h4-5,8-11,14H,6-7,12-13H2,1-3H3/t14-/m1/s1. The molecule has 0 bridgehead atoms. The number of benzene rings is 1. The van der Waals surface area contributed by atoms with Gasteiger partial charge in [-0.2, -0.15) is 17.0 Å². The van der Waals surface area contributed by atoms with Gasteiger partial charge in [-0.1, -0.05) is 12.1 Å². The topological polar surface area (TPSA) is 75.6 Å². The van der Waals surface area contributed by atoms with Gasteiger partial charge < -0.3 is 4.74 Å². The van der Waals surface area contributed by atoms with Gasteiger partial charge in [0.05, 0.1) is 18.5 Å². The molecular weight excluding hydrogens is 352 g/mol. The summed E-state index contributed by atoms with van der Waals surface area (Å²) >= 11 is 0. The first-order valence-corrected chi connectivity index (χ1v) is 9.96. The monoisotopic (exact) mass is 376 g/mol. The van der Waals surface area contributed by atoms with Crippen LogP contribution in [0.25, 0.3) is 11.3 Å². The number of aromatic nitrogens is 2. The number of rotatable bonds is 5. The quantitative estimate of drug-likeness (QED) is 0.799. The van der Waals surface area contributed by atoms with Gasteiger partial charge in [-0.05, 0) is 25.0 Å². The van der Waals surface area contributed by atoms with Gasteiger partial charge in [0.1, 0.15) is 5.75 Å². The molecule has 2 heterocycles. The first-order chi connectivity index (χ1) is 12.4. The minimum Gasteiger partial charge on any atom is -0.496 e. The molecule has 1 aromatic heterocycles. The Morgan fingerprint density at radius 3 is 2.65 bits per heavy atom. The van der Waals surface area contributed by atoms with Gasteiger partial charge in [0.25, 0.3) is 10.2 Å². The third-order valence-corrected chi connectivity index (χ3v) is 6.55. The lowest BCUT2D eigenvalue weighted by molar-refractivity contribution is 0.296. The fourth-order valence-electron chi connectivity index (χ4n) is 3.30. The van der Waals surface area contributed by atoms with Crippen molar-refractivity contribution in [3.63, 3.8) is 0 Å². The summed E-state index contributed by atoms with van der Waals surface area (Å²) in [5.41, 5.74) is 2.43. The maximum Gasteiger partial charge on any atom is 0.281 e. The Morgan fingerprint density at radius 1 is 1.19 bits per heavy atom. The molecule has 1 fully saturated rings. The largest absolute Gasteiger partial charge is 0.496 e. The van der Waals surface area contributed by atoms with Gasteiger partial charge in [0.15, 0.2) is 0 Å². The second kappa shape index (κ2) is 7.69. The van der Waals surface area contributed by atoms with Crippen LogP contribution in [0.3, 0.4) is 0 Å². The molecule has 0 amide bonds. The van der Waals surface area contributed by atoms with E-state index in [9.17, 15) is 8.42 Å². The van der Waals surface area contributed by atoms with Gasteiger partial charge in [-0.25, -0.2) is 0 Å². The average molecular weight is 376 g/mol. The zero-order valence-electron chi connectivity index (χ0n) is 15.3. The van der Waals surface area contributed by atoms with Crippen LogP contribution in [0, 0.1) is 0 Å². The van der Waals surface area contributed by atoms with Crippen LogP contribution in [0.4, 0.5) is 0 Å². The Kier molecular flexibility index (Phi) is 5.55. The molecule has 0 aliphatic carbocycles. The van der Waals surface area contributed by atoms with E-state index in [0.29, 0.717) is 13.1 Å². The van der Waals surface area contributed by atoms with Gasteiger partial charge in [0.2, 0.25) is 0 Å². The fourth-order valence-corrected chi connectivity index (χ4v) is 4.49. The second-order valence-corrected chi connectivity index (χ2v) is 8.62. The molecule has 1 atom stereocenters. The highest BCUT2D eigenvalue weighted by molar-refractivity contribution is 7.86. The highest BCUT2D eigenvalue weighted by atomic mass is 32.2. The predicted molar refractivity (Wildman–Crippen MR) is 100 cm³/mol. The normalized spacial score (nSPS) is 18.8. The summed E-state index contributed by atoms with van der Waals surface area (Å²) in [5, 5.41) is 0. The molecule has 0 N–H and O–H groups in total. The highest BCUT2D eigenvalue weighted by Gasteiger charge is 2.33. The Balaban J connectivity index is 1.98. The lowest BCUT2D eigenvalue weighted by Crippen LogP contribution is -2.45. The SMILES string of the molecule is COc1ccccc1-c1nccnc1[C@@H]1CCCN(S(=O)(=O)N(C)C)C1. The number of piperidine rings is 1. The molecule has 0 radical (unpaired) electrons. The van der Waals surface area contributed by atoms with Crippen LogP contribution in [0.1, 0.15) is 24.5 Å². The van der Waals surface area contributed by atoms with Crippen molar-refractivity contribution in [2.45, 2.75) is 18.8 Å². The maximum absolute atomic E-state index is 12.5. The Labute approximate surface area is 154 Å². The molecule has 3 rings (SSSR count). The first kappa shape index (κ1) is 18.8. The molecule has 1 aromatic carbocycles. The van der Waals surface area contributed by atoms with Crippen LogP contribution >= 0.6 is 0 Å². The lowest BCUT2D eigenvalue weighted by Gasteiger charge is -2.33.